The second-order valence-electron chi connectivity index (χ2n) is 6.14. The summed E-state index contributed by atoms with van der Waals surface area (Å²) in [7, 11) is 0. The van der Waals surface area contributed by atoms with Gasteiger partial charge in [-0.2, -0.15) is 0 Å². The van der Waals surface area contributed by atoms with E-state index in [4.69, 9.17) is 10.8 Å². The van der Waals surface area contributed by atoms with Gasteiger partial charge in [0.05, 0.1) is 6.04 Å². The van der Waals surface area contributed by atoms with Crippen molar-refractivity contribution in [1.82, 2.24) is 10.6 Å². The summed E-state index contributed by atoms with van der Waals surface area (Å²) in [5.41, 5.74) is 8.58. The van der Waals surface area contributed by atoms with Crippen molar-refractivity contribution < 1.29 is 19.8 Å². The number of fused-ring (bicyclic) bond motifs is 1. The first-order valence-corrected chi connectivity index (χ1v) is 8.26. The van der Waals surface area contributed by atoms with E-state index in [1.165, 1.54) is 0 Å². The molecule has 0 aromatic heterocycles. The van der Waals surface area contributed by atoms with E-state index in [0.29, 0.717) is 17.3 Å². The van der Waals surface area contributed by atoms with Gasteiger partial charge in [0.15, 0.2) is 5.76 Å². The van der Waals surface area contributed by atoms with Crippen molar-refractivity contribution in [2.75, 3.05) is 6.54 Å². The highest BCUT2D eigenvalue weighted by atomic mass is 16.4. The van der Waals surface area contributed by atoms with E-state index in [1.807, 2.05) is 6.07 Å². The number of aliphatic carboxylic acids is 1. The lowest BCUT2D eigenvalue weighted by atomic mass is 9.94. The minimum atomic E-state index is -1.16. The molecule has 0 saturated heterocycles. The molecule has 1 aliphatic heterocycles. The van der Waals surface area contributed by atoms with Gasteiger partial charge in [-0.3, -0.25) is 14.6 Å². The Labute approximate surface area is 150 Å². The van der Waals surface area contributed by atoms with E-state index in [9.17, 15) is 14.7 Å². The third-order valence-electron chi connectivity index (χ3n) is 4.15. The number of hydrogen-bond donors (Lipinski definition) is 5. The molecule has 1 fully saturated rings. The van der Waals surface area contributed by atoms with Gasteiger partial charge in [-0.1, -0.05) is 18.2 Å². The maximum Gasteiger partial charge on any atom is 0.322 e. The fraction of sp³-hybridized carbons (Fsp3) is 0.278. The Kier molecular flexibility index (Phi) is 4.92. The molecule has 0 radical (unpaired) electrons. The van der Waals surface area contributed by atoms with Crippen LogP contribution in [0.25, 0.3) is 11.5 Å². The van der Waals surface area contributed by atoms with E-state index in [2.05, 4.69) is 15.6 Å². The van der Waals surface area contributed by atoms with Crippen molar-refractivity contribution in [2.45, 2.75) is 25.4 Å². The molecule has 0 atom stereocenters. The van der Waals surface area contributed by atoms with Crippen LogP contribution in [0, 0.1) is 0 Å². The number of amides is 1. The van der Waals surface area contributed by atoms with Crippen LogP contribution in [-0.4, -0.2) is 40.9 Å². The minimum Gasteiger partial charge on any atom is -0.505 e. The van der Waals surface area contributed by atoms with Crippen LogP contribution in [-0.2, 0) is 16.1 Å². The Bertz CT molecular complexity index is 838. The monoisotopic (exact) mass is 356 g/mol. The van der Waals surface area contributed by atoms with Gasteiger partial charge in [-0.25, -0.2) is 0 Å². The van der Waals surface area contributed by atoms with Crippen molar-refractivity contribution in [2.24, 2.45) is 10.7 Å². The van der Waals surface area contributed by atoms with Crippen LogP contribution in [0.5, 0.6) is 0 Å². The summed E-state index contributed by atoms with van der Waals surface area (Å²) in [4.78, 5) is 27.0. The first-order chi connectivity index (χ1) is 12.5. The predicted octanol–water partition coefficient (Wildman–Crippen LogP) is 0.750. The van der Waals surface area contributed by atoms with Crippen LogP contribution in [0.2, 0.25) is 0 Å². The average molecular weight is 356 g/mol. The van der Waals surface area contributed by atoms with Crippen molar-refractivity contribution in [3.05, 3.63) is 46.7 Å². The van der Waals surface area contributed by atoms with E-state index in [0.717, 1.165) is 24.0 Å². The lowest BCUT2D eigenvalue weighted by molar-refractivity contribution is -0.137. The molecule has 1 aromatic carbocycles. The van der Waals surface area contributed by atoms with Crippen molar-refractivity contribution in [1.29, 1.82) is 0 Å². The Morgan fingerprint density at radius 1 is 1.38 bits per heavy atom. The number of aliphatic imine (C=N–C) groups is 1. The van der Waals surface area contributed by atoms with Gasteiger partial charge in [-0.05, 0) is 24.5 Å². The lowest BCUT2D eigenvalue weighted by Crippen LogP contribution is -2.37. The number of aliphatic hydroxyl groups excluding tert-OH is 1. The van der Waals surface area contributed by atoms with Gasteiger partial charge in [0.1, 0.15) is 12.2 Å². The molecule has 0 spiro atoms. The maximum atomic E-state index is 12.0. The molecule has 1 amide bonds. The van der Waals surface area contributed by atoms with E-state index < -0.39 is 18.4 Å². The first-order valence-electron chi connectivity index (χ1n) is 8.26. The van der Waals surface area contributed by atoms with Crippen LogP contribution in [0.1, 0.15) is 29.5 Å². The molecule has 26 heavy (non-hydrogen) atoms. The fourth-order valence-corrected chi connectivity index (χ4v) is 2.66. The molecular weight excluding hydrogens is 336 g/mol. The first kappa shape index (κ1) is 17.5. The Hall–Kier alpha value is -3.29. The molecule has 6 N–H and O–H groups in total. The largest absolute Gasteiger partial charge is 0.505 e. The zero-order valence-electron chi connectivity index (χ0n) is 14.0. The third kappa shape index (κ3) is 3.85. The molecule has 1 aromatic rings. The van der Waals surface area contributed by atoms with Gasteiger partial charge < -0.3 is 26.6 Å². The highest BCUT2D eigenvalue weighted by Crippen LogP contribution is 2.29. The standard InChI is InChI=1S/C18H20N4O4/c19-14(6-7-20-10-4-5-10)11-2-1-3-12-13(11)8-21-16(17(12)25)18(26)22-9-15(23)24/h1-3,6-7,10,21,25H,4-5,8-9,19H2,(H,22,26)(H,23,24)/b14-6-,20-7?. The molecule has 136 valence electrons. The lowest BCUT2D eigenvalue weighted by Gasteiger charge is -2.23. The van der Waals surface area contributed by atoms with E-state index in [1.54, 1.807) is 24.4 Å². The molecule has 1 aliphatic carbocycles. The highest BCUT2D eigenvalue weighted by Gasteiger charge is 2.25. The molecule has 8 nitrogen and oxygen atoms in total. The zero-order chi connectivity index (χ0) is 18.7. The van der Waals surface area contributed by atoms with Gasteiger partial charge >= 0.3 is 5.97 Å². The Balaban J connectivity index is 1.86. The fourth-order valence-electron chi connectivity index (χ4n) is 2.66. The molecule has 1 saturated carbocycles. The van der Waals surface area contributed by atoms with Crippen LogP contribution < -0.4 is 16.4 Å². The summed E-state index contributed by atoms with van der Waals surface area (Å²) in [6.45, 7) is -0.250. The number of nitrogens with zero attached hydrogens (tertiary/aromatic N) is 1. The van der Waals surface area contributed by atoms with Crippen molar-refractivity contribution in [3.8, 4) is 0 Å². The maximum absolute atomic E-state index is 12.0. The summed E-state index contributed by atoms with van der Waals surface area (Å²) in [5.74, 6) is -2.08. The Morgan fingerprint density at radius 3 is 2.85 bits per heavy atom. The molecule has 3 rings (SSSR count). The summed E-state index contributed by atoms with van der Waals surface area (Å²) < 4.78 is 0. The number of allylic oxidation sites excluding steroid dienone is 1. The van der Waals surface area contributed by atoms with Gasteiger partial charge in [-0.15, -0.1) is 0 Å². The molecule has 8 heteroatoms. The van der Waals surface area contributed by atoms with Gasteiger partial charge in [0.2, 0.25) is 0 Å². The van der Waals surface area contributed by atoms with Gasteiger partial charge in [0.25, 0.3) is 5.91 Å². The van der Waals surface area contributed by atoms with Crippen molar-refractivity contribution in [3.63, 3.8) is 0 Å². The number of aliphatic hydroxyl groups is 1. The number of rotatable bonds is 6. The SMILES string of the molecule is N/C(=C\C=NC1CC1)c1cccc2c1CNC(C(=O)NCC(=O)O)=C2O. The average Bonchev–Trinajstić information content (AvgIpc) is 3.44. The molecular formula is C18H20N4O4. The summed E-state index contributed by atoms with van der Waals surface area (Å²) in [5, 5.41) is 24.1. The number of nitrogens with one attached hydrogen (secondary N) is 2. The number of hydrogen-bond acceptors (Lipinski definition) is 6. The van der Waals surface area contributed by atoms with Crippen LogP contribution in [0.15, 0.2) is 35.0 Å². The normalized spacial score (nSPS) is 17.0. The minimum absolute atomic E-state index is 0.0613. The second-order valence-corrected chi connectivity index (χ2v) is 6.14. The second kappa shape index (κ2) is 7.30. The van der Waals surface area contributed by atoms with Crippen LogP contribution >= 0.6 is 0 Å². The molecule has 0 bridgehead atoms. The van der Waals surface area contributed by atoms with Crippen LogP contribution in [0.3, 0.4) is 0 Å². The van der Waals surface area contributed by atoms with Gasteiger partial charge in [0, 0.05) is 29.6 Å². The summed E-state index contributed by atoms with van der Waals surface area (Å²) >= 11 is 0. The van der Waals surface area contributed by atoms with E-state index in [-0.39, 0.29) is 18.0 Å². The number of nitrogens with two attached hydrogens (primary N) is 1. The molecule has 2 aliphatic rings. The predicted molar refractivity (Wildman–Crippen MR) is 97.2 cm³/mol. The quantitative estimate of drug-likeness (QED) is 0.477. The highest BCUT2D eigenvalue weighted by molar-refractivity contribution is 6.01. The molecule has 0 unspecified atom stereocenters. The summed E-state index contributed by atoms with van der Waals surface area (Å²) in [6, 6.07) is 5.66. The zero-order valence-corrected chi connectivity index (χ0v) is 14.0. The number of benzene rings is 1. The Morgan fingerprint density at radius 2 is 2.15 bits per heavy atom. The topological polar surface area (TPSA) is 137 Å². The number of carboxylic acids is 1. The number of carboxylic acid groups (broad SMARTS) is 1. The number of carbonyl (C=O) groups is 2. The molecule has 1 heterocycles. The van der Waals surface area contributed by atoms with Crippen molar-refractivity contribution >= 4 is 29.5 Å². The van der Waals surface area contributed by atoms with E-state index >= 15 is 0 Å². The number of carbonyl (C=O) groups excluding carboxylic acids is 1. The third-order valence-corrected chi connectivity index (χ3v) is 4.15. The summed E-state index contributed by atoms with van der Waals surface area (Å²) in [6.07, 6.45) is 5.65. The van der Waals surface area contributed by atoms with Crippen LogP contribution in [0.4, 0.5) is 0 Å². The smallest absolute Gasteiger partial charge is 0.322 e.